The highest BCUT2D eigenvalue weighted by atomic mass is 79.9. The highest BCUT2D eigenvalue weighted by Crippen LogP contribution is 2.29. The van der Waals surface area contributed by atoms with Crippen LogP contribution in [0.2, 0.25) is 0 Å². The maximum Gasteiger partial charge on any atom is 0.335 e. The molecule has 0 bridgehead atoms. The van der Waals surface area contributed by atoms with Crippen molar-refractivity contribution in [2.75, 3.05) is 11.9 Å². The first-order chi connectivity index (χ1) is 14.7. The Kier molecular flexibility index (Phi) is 7.14. The molecule has 1 amide bonds. The number of carbonyl (C=O) groups excluding carboxylic acids is 2. The number of benzene rings is 2. The van der Waals surface area contributed by atoms with Gasteiger partial charge in [0.1, 0.15) is 0 Å². The van der Waals surface area contributed by atoms with E-state index in [0.717, 1.165) is 10.2 Å². The summed E-state index contributed by atoms with van der Waals surface area (Å²) in [7, 11) is -3.86. The first-order valence-corrected chi connectivity index (χ1v) is 11.9. The van der Waals surface area contributed by atoms with E-state index in [0.29, 0.717) is 24.1 Å². The fraction of sp³-hybridized carbons (Fsp3) is 0.238. The number of rotatable bonds is 7. The average molecular weight is 508 g/mol. The van der Waals surface area contributed by atoms with Gasteiger partial charge in [-0.3, -0.25) is 4.79 Å². The summed E-state index contributed by atoms with van der Waals surface area (Å²) in [6.07, 6.45) is 1.05. The SMILES string of the molecule is CCOC(=O)C1=C(NC(=O)c2ccc(S(N)(=O)=O)cc2)C(Nc2ccc(Br)cc2)CC1. The van der Waals surface area contributed by atoms with Gasteiger partial charge >= 0.3 is 5.97 Å². The zero-order chi connectivity index (χ0) is 22.6. The lowest BCUT2D eigenvalue weighted by atomic mass is 10.1. The number of halogens is 1. The van der Waals surface area contributed by atoms with Crippen molar-refractivity contribution in [1.29, 1.82) is 0 Å². The van der Waals surface area contributed by atoms with E-state index < -0.39 is 21.9 Å². The van der Waals surface area contributed by atoms with Crippen molar-refractivity contribution < 1.29 is 22.7 Å². The first-order valence-electron chi connectivity index (χ1n) is 9.55. The maximum atomic E-state index is 12.8. The number of sulfonamides is 1. The number of carbonyl (C=O) groups is 2. The van der Waals surface area contributed by atoms with E-state index in [1.165, 1.54) is 24.3 Å². The number of hydrogen-bond donors (Lipinski definition) is 3. The van der Waals surface area contributed by atoms with Gasteiger partial charge in [0, 0.05) is 15.7 Å². The molecule has 2 aromatic carbocycles. The summed E-state index contributed by atoms with van der Waals surface area (Å²) in [5, 5.41) is 11.2. The predicted octanol–water partition coefficient (Wildman–Crippen LogP) is 2.92. The minimum Gasteiger partial charge on any atom is -0.463 e. The smallest absolute Gasteiger partial charge is 0.335 e. The Labute approximate surface area is 189 Å². The number of anilines is 1. The van der Waals surface area contributed by atoms with E-state index in [-0.39, 0.29) is 23.1 Å². The molecule has 31 heavy (non-hydrogen) atoms. The van der Waals surface area contributed by atoms with Crippen molar-refractivity contribution in [3.05, 3.63) is 69.8 Å². The normalized spacial score (nSPS) is 16.2. The molecular weight excluding hydrogens is 486 g/mol. The van der Waals surface area contributed by atoms with Gasteiger partial charge in [-0.2, -0.15) is 0 Å². The van der Waals surface area contributed by atoms with E-state index in [9.17, 15) is 18.0 Å². The highest BCUT2D eigenvalue weighted by molar-refractivity contribution is 9.10. The minimum absolute atomic E-state index is 0.0915. The molecule has 164 valence electrons. The molecule has 0 saturated carbocycles. The number of primary sulfonamides is 1. The minimum atomic E-state index is -3.86. The Bertz CT molecular complexity index is 1110. The zero-order valence-electron chi connectivity index (χ0n) is 16.7. The molecule has 0 aliphatic heterocycles. The Hall–Kier alpha value is -2.69. The highest BCUT2D eigenvalue weighted by Gasteiger charge is 2.31. The molecule has 2 aromatic rings. The van der Waals surface area contributed by atoms with E-state index in [1.54, 1.807) is 6.92 Å². The van der Waals surface area contributed by atoms with Crippen molar-refractivity contribution in [2.24, 2.45) is 5.14 Å². The molecule has 0 spiro atoms. The van der Waals surface area contributed by atoms with Crippen molar-refractivity contribution in [3.63, 3.8) is 0 Å². The van der Waals surface area contributed by atoms with Gasteiger partial charge in [0.2, 0.25) is 10.0 Å². The van der Waals surface area contributed by atoms with Crippen LogP contribution in [0.25, 0.3) is 0 Å². The van der Waals surface area contributed by atoms with Crippen LogP contribution < -0.4 is 15.8 Å². The second kappa shape index (κ2) is 9.63. The largest absolute Gasteiger partial charge is 0.463 e. The maximum absolute atomic E-state index is 12.8. The van der Waals surface area contributed by atoms with Gasteiger partial charge in [-0.15, -0.1) is 0 Å². The third-order valence-electron chi connectivity index (χ3n) is 4.76. The van der Waals surface area contributed by atoms with Crippen molar-refractivity contribution in [3.8, 4) is 0 Å². The number of nitrogens with one attached hydrogen (secondary N) is 2. The van der Waals surface area contributed by atoms with Gasteiger partial charge in [0.15, 0.2) is 0 Å². The second-order valence-electron chi connectivity index (χ2n) is 6.88. The van der Waals surface area contributed by atoms with Crippen molar-refractivity contribution >= 4 is 43.5 Å². The molecule has 1 aliphatic carbocycles. The number of ether oxygens (including phenoxy) is 1. The Morgan fingerprint density at radius 1 is 1.13 bits per heavy atom. The summed E-state index contributed by atoms with van der Waals surface area (Å²) in [6, 6.07) is 12.5. The molecule has 0 heterocycles. The fourth-order valence-electron chi connectivity index (χ4n) is 3.25. The molecule has 8 nitrogen and oxygen atoms in total. The van der Waals surface area contributed by atoms with Gasteiger partial charge < -0.3 is 15.4 Å². The molecule has 0 aromatic heterocycles. The van der Waals surface area contributed by atoms with E-state index in [4.69, 9.17) is 9.88 Å². The Balaban J connectivity index is 1.85. The summed E-state index contributed by atoms with van der Waals surface area (Å²) >= 11 is 3.39. The summed E-state index contributed by atoms with van der Waals surface area (Å²) in [4.78, 5) is 25.2. The molecule has 0 radical (unpaired) electrons. The lowest BCUT2D eigenvalue weighted by molar-refractivity contribution is -0.138. The number of hydrogen-bond acceptors (Lipinski definition) is 6. The van der Waals surface area contributed by atoms with Crippen molar-refractivity contribution in [1.82, 2.24) is 5.32 Å². The lowest BCUT2D eigenvalue weighted by Gasteiger charge is -2.20. The monoisotopic (exact) mass is 507 g/mol. The fourth-order valence-corrected chi connectivity index (χ4v) is 4.03. The third-order valence-corrected chi connectivity index (χ3v) is 6.21. The third kappa shape index (κ3) is 5.72. The Morgan fingerprint density at radius 2 is 1.77 bits per heavy atom. The van der Waals surface area contributed by atoms with Crippen LogP contribution in [0.5, 0.6) is 0 Å². The van der Waals surface area contributed by atoms with Crippen LogP contribution in [-0.2, 0) is 19.6 Å². The number of amides is 1. The van der Waals surface area contributed by atoms with Gasteiger partial charge in [-0.1, -0.05) is 15.9 Å². The summed E-state index contributed by atoms with van der Waals surface area (Å²) in [5.74, 6) is -0.940. The van der Waals surface area contributed by atoms with Crippen molar-refractivity contribution in [2.45, 2.75) is 30.7 Å². The van der Waals surface area contributed by atoms with Gasteiger partial charge in [-0.05, 0) is 68.3 Å². The van der Waals surface area contributed by atoms with Crippen LogP contribution in [0, 0.1) is 0 Å². The lowest BCUT2D eigenvalue weighted by Crippen LogP contribution is -2.33. The molecule has 4 N–H and O–H groups in total. The standard InChI is InChI=1S/C21H22BrN3O5S/c1-2-30-21(27)17-11-12-18(24-15-7-5-14(22)6-8-15)19(17)25-20(26)13-3-9-16(10-4-13)31(23,28)29/h3-10,18,24H,2,11-12H2,1H3,(H,25,26)(H2,23,28,29). The molecule has 10 heteroatoms. The van der Waals surface area contributed by atoms with Gasteiger partial charge in [0.25, 0.3) is 5.91 Å². The van der Waals surface area contributed by atoms with E-state index in [2.05, 4.69) is 26.6 Å². The van der Waals surface area contributed by atoms with Crippen LogP contribution in [0.4, 0.5) is 5.69 Å². The van der Waals surface area contributed by atoms with Crippen LogP contribution in [0.15, 0.2) is 69.2 Å². The molecule has 0 fully saturated rings. The predicted molar refractivity (Wildman–Crippen MR) is 120 cm³/mol. The van der Waals surface area contributed by atoms with Gasteiger partial charge in [0.05, 0.1) is 28.8 Å². The summed E-state index contributed by atoms with van der Waals surface area (Å²) < 4.78 is 28.9. The molecule has 0 saturated heterocycles. The average Bonchev–Trinajstić information content (AvgIpc) is 3.11. The zero-order valence-corrected chi connectivity index (χ0v) is 19.1. The summed E-state index contributed by atoms with van der Waals surface area (Å²) in [6.45, 7) is 1.94. The molecule has 1 unspecified atom stereocenters. The number of nitrogens with two attached hydrogens (primary N) is 1. The van der Waals surface area contributed by atoms with E-state index >= 15 is 0 Å². The van der Waals surface area contributed by atoms with Crippen LogP contribution in [0.3, 0.4) is 0 Å². The van der Waals surface area contributed by atoms with Crippen LogP contribution in [-0.4, -0.2) is 32.9 Å². The van der Waals surface area contributed by atoms with Crippen LogP contribution in [0.1, 0.15) is 30.1 Å². The van der Waals surface area contributed by atoms with Gasteiger partial charge in [-0.25, -0.2) is 18.4 Å². The molecule has 1 atom stereocenters. The van der Waals surface area contributed by atoms with E-state index in [1.807, 2.05) is 24.3 Å². The first kappa shape index (κ1) is 23.0. The van der Waals surface area contributed by atoms with Crippen LogP contribution >= 0.6 is 15.9 Å². The Morgan fingerprint density at radius 3 is 2.35 bits per heavy atom. The molecule has 1 aliphatic rings. The molecular formula is C21H22BrN3O5S. The molecule has 3 rings (SSSR count). The topological polar surface area (TPSA) is 128 Å². The second-order valence-corrected chi connectivity index (χ2v) is 9.36. The number of esters is 1. The quantitative estimate of drug-likeness (QED) is 0.494. The summed E-state index contributed by atoms with van der Waals surface area (Å²) in [5.41, 5.74) is 1.92.